The molecular weight excluding hydrogens is 422 g/mol. The first-order valence-electron chi connectivity index (χ1n) is 11.4. The van der Waals surface area contributed by atoms with Crippen LogP contribution in [0.4, 0.5) is 17.3 Å². The van der Waals surface area contributed by atoms with Crippen molar-refractivity contribution in [3.05, 3.63) is 72.6 Å². The van der Waals surface area contributed by atoms with Gasteiger partial charge in [0.15, 0.2) is 0 Å². The number of nitrogens with zero attached hydrogens (tertiary/aromatic N) is 5. The van der Waals surface area contributed by atoms with Crippen LogP contribution in [-0.2, 0) is 6.42 Å². The number of pyridine rings is 1. The van der Waals surface area contributed by atoms with Crippen molar-refractivity contribution in [2.45, 2.75) is 6.42 Å². The number of aromatic nitrogens is 3. The third kappa shape index (κ3) is 4.77. The van der Waals surface area contributed by atoms with Gasteiger partial charge in [-0.25, -0.2) is 9.97 Å². The molecule has 0 amide bonds. The summed E-state index contributed by atoms with van der Waals surface area (Å²) >= 11 is 0. The smallest absolute Gasteiger partial charge is 0.227 e. The summed E-state index contributed by atoms with van der Waals surface area (Å²) in [6, 6.07) is 20.9. The van der Waals surface area contributed by atoms with Crippen LogP contribution in [0.25, 0.3) is 22.2 Å². The molecule has 0 radical (unpaired) electrons. The zero-order valence-electron chi connectivity index (χ0n) is 19.2. The van der Waals surface area contributed by atoms with E-state index in [4.69, 9.17) is 10.7 Å². The number of rotatable bonds is 5. The van der Waals surface area contributed by atoms with Gasteiger partial charge in [0, 0.05) is 73.4 Å². The summed E-state index contributed by atoms with van der Waals surface area (Å²) in [7, 11) is 2.17. The first-order valence-corrected chi connectivity index (χ1v) is 11.4. The highest BCUT2D eigenvalue weighted by atomic mass is 15.2. The Morgan fingerprint density at radius 1 is 1.00 bits per heavy atom. The lowest BCUT2D eigenvalue weighted by Gasteiger charge is -2.34. The van der Waals surface area contributed by atoms with Crippen LogP contribution in [0.5, 0.6) is 0 Å². The number of para-hydroxylation sites is 1. The molecule has 0 spiro atoms. The van der Waals surface area contributed by atoms with Gasteiger partial charge in [-0.15, -0.1) is 0 Å². The first-order chi connectivity index (χ1) is 16.7. The van der Waals surface area contributed by atoms with Gasteiger partial charge in [-0.1, -0.05) is 24.1 Å². The average molecular weight is 450 g/mol. The summed E-state index contributed by atoms with van der Waals surface area (Å²) in [4.78, 5) is 18.7. The molecule has 7 heteroatoms. The van der Waals surface area contributed by atoms with Gasteiger partial charge in [-0.3, -0.25) is 4.98 Å². The standard InChI is InChI=1S/C27H27N7/c1-33-14-16-34(17-15-33)23-9-7-22(8-10-23)31-27-30-19-21-5-2-6-24(26(21)32-27)25-18-20(4-3-12-28)11-13-29-25/h2,5-11,13,18-19H,4,14-17,28H2,1H3,(H,30,31,32). The molecule has 2 aromatic heterocycles. The predicted molar refractivity (Wildman–Crippen MR) is 138 cm³/mol. The summed E-state index contributed by atoms with van der Waals surface area (Å²) < 4.78 is 0. The van der Waals surface area contributed by atoms with E-state index >= 15 is 0 Å². The highest BCUT2D eigenvalue weighted by Crippen LogP contribution is 2.28. The molecule has 3 N–H and O–H groups in total. The Morgan fingerprint density at radius 3 is 2.62 bits per heavy atom. The molecule has 170 valence electrons. The molecular formula is C27H27N7. The number of piperazine rings is 1. The monoisotopic (exact) mass is 449 g/mol. The van der Waals surface area contributed by atoms with E-state index in [-0.39, 0.29) is 0 Å². The number of nitrogens with two attached hydrogens (primary N) is 1. The normalized spacial score (nSPS) is 14.0. The number of fused-ring (bicyclic) bond motifs is 1. The van der Waals surface area contributed by atoms with E-state index in [0.29, 0.717) is 12.4 Å². The van der Waals surface area contributed by atoms with E-state index in [9.17, 15) is 0 Å². The lowest BCUT2D eigenvalue weighted by atomic mass is 10.0. The largest absolute Gasteiger partial charge is 0.369 e. The van der Waals surface area contributed by atoms with Gasteiger partial charge in [-0.2, -0.15) is 0 Å². The minimum atomic E-state index is 0.553. The van der Waals surface area contributed by atoms with Gasteiger partial charge in [0.25, 0.3) is 0 Å². The Balaban J connectivity index is 1.39. The third-order valence-corrected chi connectivity index (χ3v) is 6.10. The van der Waals surface area contributed by atoms with Gasteiger partial charge >= 0.3 is 0 Å². The number of likely N-dealkylation sites (N-methyl/N-ethyl adjacent to an activating group) is 1. The fourth-order valence-electron chi connectivity index (χ4n) is 4.16. The van der Waals surface area contributed by atoms with Gasteiger partial charge in [0.05, 0.1) is 11.2 Å². The van der Waals surface area contributed by atoms with Crippen molar-refractivity contribution in [3.8, 4) is 23.2 Å². The maximum Gasteiger partial charge on any atom is 0.227 e. The maximum absolute atomic E-state index is 5.33. The van der Waals surface area contributed by atoms with E-state index in [1.165, 1.54) is 5.69 Å². The van der Waals surface area contributed by atoms with Crippen LogP contribution < -0.4 is 16.0 Å². The lowest BCUT2D eigenvalue weighted by molar-refractivity contribution is 0.313. The fourth-order valence-corrected chi connectivity index (χ4v) is 4.16. The zero-order chi connectivity index (χ0) is 23.3. The van der Waals surface area contributed by atoms with Crippen molar-refractivity contribution in [1.82, 2.24) is 19.9 Å². The second-order valence-electron chi connectivity index (χ2n) is 8.45. The molecule has 1 aliphatic heterocycles. The Labute approximate surface area is 199 Å². The van der Waals surface area contributed by atoms with Gasteiger partial charge < -0.3 is 20.9 Å². The fraction of sp³-hybridized carbons (Fsp3) is 0.222. The number of benzene rings is 2. The summed E-state index contributed by atoms with van der Waals surface area (Å²) in [5, 5.41) is 4.31. The molecule has 0 saturated carbocycles. The quantitative estimate of drug-likeness (QED) is 0.355. The molecule has 5 rings (SSSR count). The highest BCUT2D eigenvalue weighted by molar-refractivity contribution is 5.93. The van der Waals surface area contributed by atoms with Crippen molar-refractivity contribution in [2.24, 2.45) is 5.73 Å². The Bertz CT molecular complexity index is 1350. The first kappa shape index (κ1) is 21.7. The van der Waals surface area contributed by atoms with Gasteiger partial charge in [-0.05, 0) is 49.0 Å². The SMILES string of the molecule is CN1CCN(c2ccc(Nc3ncc4cccc(-c5cc(CC#CN)ccn5)c4n3)cc2)CC1. The second-order valence-corrected chi connectivity index (χ2v) is 8.45. The Morgan fingerprint density at radius 2 is 1.82 bits per heavy atom. The topological polar surface area (TPSA) is 83.2 Å². The minimum Gasteiger partial charge on any atom is -0.369 e. The molecule has 1 saturated heterocycles. The maximum atomic E-state index is 5.33. The van der Waals surface area contributed by atoms with Crippen molar-refractivity contribution in [3.63, 3.8) is 0 Å². The van der Waals surface area contributed by atoms with E-state index in [2.05, 4.69) is 68.4 Å². The molecule has 0 aliphatic carbocycles. The van der Waals surface area contributed by atoms with E-state index in [1.54, 1.807) is 6.20 Å². The van der Waals surface area contributed by atoms with Crippen molar-refractivity contribution >= 4 is 28.2 Å². The predicted octanol–water partition coefficient (Wildman–Crippen LogP) is 3.65. The molecule has 1 aliphatic rings. The minimum absolute atomic E-state index is 0.553. The number of hydrogen-bond donors (Lipinski definition) is 2. The van der Waals surface area contributed by atoms with Crippen LogP contribution >= 0.6 is 0 Å². The molecule has 0 unspecified atom stereocenters. The molecule has 34 heavy (non-hydrogen) atoms. The van der Waals surface area contributed by atoms with Gasteiger partial charge in [0.2, 0.25) is 5.95 Å². The molecule has 2 aromatic carbocycles. The molecule has 1 fully saturated rings. The van der Waals surface area contributed by atoms with Gasteiger partial charge in [0.1, 0.15) is 0 Å². The van der Waals surface area contributed by atoms with E-state index in [1.807, 2.05) is 36.5 Å². The van der Waals surface area contributed by atoms with E-state index in [0.717, 1.165) is 59.6 Å². The molecule has 0 bridgehead atoms. The van der Waals surface area contributed by atoms with E-state index < -0.39 is 0 Å². The van der Waals surface area contributed by atoms with Crippen molar-refractivity contribution in [1.29, 1.82) is 0 Å². The van der Waals surface area contributed by atoms with Crippen molar-refractivity contribution < 1.29 is 0 Å². The summed E-state index contributed by atoms with van der Waals surface area (Å²) in [6.45, 7) is 4.28. The summed E-state index contributed by atoms with van der Waals surface area (Å²) in [5.74, 6) is 3.46. The highest BCUT2D eigenvalue weighted by Gasteiger charge is 2.14. The van der Waals surface area contributed by atoms with Crippen LogP contribution in [0, 0.1) is 12.0 Å². The van der Waals surface area contributed by atoms with Crippen LogP contribution in [-0.4, -0.2) is 53.1 Å². The summed E-state index contributed by atoms with van der Waals surface area (Å²) in [5.41, 5.74) is 11.2. The Hall–Kier alpha value is -4.15. The van der Waals surface area contributed by atoms with Crippen LogP contribution in [0.1, 0.15) is 5.56 Å². The number of hydrogen-bond acceptors (Lipinski definition) is 7. The average Bonchev–Trinajstić information content (AvgIpc) is 2.88. The van der Waals surface area contributed by atoms with Crippen LogP contribution in [0.3, 0.4) is 0 Å². The number of nitrogens with one attached hydrogen (secondary N) is 1. The van der Waals surface area contributed by atoms with Crippen LogP contribution in [0.15, 0.2) is 67.0 Å². The zero-order valence-corrected chi connectivity index (χ0v) is 19.2. The second kappa shape index (κ2) is 9.77. The molecule has 3 heterocycles. The number of anilines is 3. The van der Waals surface area contributed by atoms with Crippen molar-refractivity contribution in [2.75, 3.05) is 43.4 Å². The third-order valence-electron chi connectivity index (χ3n) is 6.10. The molecule has 0 atom stereocenters. The lowest BCUT2D eigenvalue weighted by Crippen LogP contribution is -2.44. The van der Waals surface area contributed by atoms with Crippen LogP contribution in [0.2, 0.25) is 0 Å². The summed E-state index contributed by atoms with van der Waals surface area (Å²) in [6.07, 6.45) is 4.23. The molecule has 7 nitrogen and oxygen atoms in total. The Kier molecular flexibility index (Phi) is 6.23. The molecule has 4 aromatic rings.